The molecular formula is C9H4F4O4. The van der Waals surface area contributed by atoms with Crippen LogP contribution in [-0.4, -0.2) is 24.2 Å². The molecule has 8 heteroatoms. The van der Waals surface area contributed by atoms with Crippen LogP contribution in [0.3, 0.4) is 0 Å². The number of halogens is 4. The Morgan fingerprint density at radius 1 is 0.941 bits per heavy atom. The molecule has 92 valence electrons. The molecule has 1 aromatic carbocycles. The first kappa shape index (κ1) is 12.9. The number of benzene rings is 1. The predicted octanol–water partition coefficient (Wildman–Crippen LogP) is 1.73. The van der Waals surface area contributed by atoms with Crippen molar-refractivity contribution in [1.29, 1.82) is 0 Å². The number of esters is 1. The summed E-state index contributed by atoms with van der Waals surface area (Å²) < 4.78 is 55.8. The summed E-state index contributed by atoms with van der Waals surface area (Å²) in [6.07, 6.45) is 0. The minimum absolute atomic E-state index is 0.743. The summed E-state index contributed by atoms with van der Waals surface area (Å²) in [4.78, 5) is 21.6. The van der Waals surface area contributed by atoms with Gasteiger partial charge in [-0.2, -0.15) is 0 Å². The average molecular weight is 252 g/mol. The molecular weight excluding hydrogens is 248 g/mol. The first-order chi connectivity index (χ1) is 7.82. The summed E-state index contributed by atoms with van der Waals surface area (Å²) in [5.74, 6) is -12.6. The fourth-order valence-corrected chi connectivity index (χ4v) is 1.13. The van der Waals surface area contributed by atoms with Gasteiger partial charge in [0.05, 0.1) is 7.11 Å². The summed E-state index contributed by atoms with van der Waals surface area (Å²) in [5.41, 5.74) is -3.12. The molecule has 0 bridgehead atoms. The van der Waals surface area contributed by atoms with Gasteiger partial charge in [-0.15, -0.1) is 0 Å². The molecule has 17 heavy (non-hydrogen) atoms. The van der Waals surface area contributed by atoms with Gasteiger partial charge in [-0.05, 0) is 0 Å². The third-order valence-electron chi connectivity index (χ3n) is 1.87. The molecule has 0 radical (unpaired) electrons. The van der Waals surface area contributed by atoms with Gasteiger partial charge in [-0.25, -0.2) is 27.2 Å². The molecule has 0 amide bonds. The monoisotopic (exact) mass is 252 g/mol. The third kappa shape index (κ3) is 1.93. The molecule has 0 aliphatic carbocycles. The van der Waals surface area contributed by atoms with Crippen molar-refractivity contribution in [3.8, 4) is 0 Å². The van der Waals surface area contributed by atoms with Crippen LogP contribution in [0, 0.1) is 23.3 Å². The van der Waals surface area contributed by atoms with E-state index < -0.39 is 46.3 Å². The topological polar surface area (TPSA) is 63.6 Å². The molecule has 0 spiro atoms. The molecule has 1 N–H and O–H groups in total. The highest BCUT2D eigenvalue weighted by Crippen LogP contribution is 2.24. The van der Waals surface area contributed by atoms with Crippen LogP contribution in [-0.2, 0) is 4.74 Å². The molecule has 1 aromatic rings. The third-order valence-corrected chi connectivity index (χ3v) is 1.87. The normalized spacial score (nSPS) is 10.2. The summed E-state index contributed by atoms with van der Waals surface area (Å²) in [6, 6.07) is 0. The number of hydrogen-bond donors (Lipinski definition) is 1. The molecule has 1 rings (SSSR count). The number of hydrogen-bond acceptors (Lipinski definition) is 3. The molecule has 0 aromatic heterocycles. The lowest BCUT2D eigenvalue weighted by Crippen LogP contribution is -2.18. The van der Waals surface area contributed by atoms with E-state index >= 15 is 0 Å². The standard InChI is InChI=1S/C9H4F4O4/c1-17-9(16)3-2(8(14)15)4(10)6(12)7(13)5(3)11/h1H3,(H,14,15). The lowest BCUT2D eigenvalue weighted by atomic mass is 10.1. The van der Waals surface area contributed by atoms with E-state index in [1.165, 1.54) is 0 Å². The maximum Gasteiger partial charge on any atom is 0.341 e. The van der Waals surface area contributed by atoms with Crippen LogP contribution in [0.25, 0.3) is 0 Å². The van der Waals surface area contributed by atoms with Gasteiger partial charge in [0.1, 0.15) is 11.1 Å². The van der Waals surface area contributed by atoms with Crippen LogP contribution in [0.1, 0.15) is 20.7 Å². The Hall–Kier alpha value is -2.12. The number of rotatable bonds is 2. The van der Waals surface area contributed by atoms with Gasteiger partial charge in [-0.1, -0.05) is 0 Å². The van der Waals surface area contributed by atoms with E-state index in [9.17, 15) is 27.2 Å². The highest BCUT2D eigenvalue weighted by atomic mass is 19.2. The summed E-state index contributed by atoms with van der Waals surface area (Å²) >= 11 is 0. The van der Waals surface area contributed by atoms with Crippen molar-refractivity contribution in [2.75, 3.05) is 7.11 Å². The van der Waals surface area contributed by atoms with E-state index in [1.54, 1.807) is 0 Å². The minimum atomic E-state index is -2.31. The average Bonchev–Trinajstić information content (AvgIpc) is 2.29. The second-order valence-corrected chi connectivity index (χ2v) is 2.80. The van der Waals surface area contributed by atoms with Gasteiger partial charge in [0.15, 0.2) is 23.3 Å². The molecule has 0 aliphatic heterocycles. The number of aromatic carboxylic acids is 1. The zero-order valence-corrected chi connectivity index (χ0v) is 8.18. The van der Waals surface area contributed by atoms with E-state index in [1.807, 2.05) is 0 Å². The fourth-order valence-electron chi connectivity index (χ4n) is 1.13. The van der Waals surface area contributed by atoms with Gasteiger partial charge in [0.2, 0.25) is 0 Å². The number of methoxy groups -OCH3 is 1. The van der Waals surface area contributed by atoms with Crippen molar-refractivity contribution >= 4 is 11.9 Å². The number of carboxylic acids is 1. The van der Waals surface area contributed by atoms with Crippen molar-refractivity contribution in [3.63, 3.8) is 0 Å². The Labute approximate surface area is 91.4 Å². The molecule has 0 atom stereocenters. The smallest absolute Gasteiger partial charge is 0.341 e. The Morgan fingerprint density at radius 3 is 1.71 bits per heavy atom. The Kier molecular flexibility index (Phi) is 3.35. The van der Waals surface area contributed by atoms with Crippen molar-refractivity contribution in [1.82, 2.24) is 0 Å². The fraction of sp³-hybridized carbons (Fsp3) is 0.111. The van der Waals surface area contributed by atoms with E-state index in [-0.39, 0.29) is 0 Å². The maximum absolute atomic E-state index is 13.2. The number of ether oxygens (including phenoxy) is 1. The van der Waals surface area contributed by atoms with Gasteiger partial charge in [0, 0.05) is 0 Å². The summed E-state index contributed by atoms with van der Waals surface area (Å²) in [7, 11) is 0.743. The molecule has 0 fully saturated rings. The summed E-state index contributed by atoms with van der Waals surface area (Å²) in [5, 5.41) is 8.53. The number of carbonyl (C=O) groups excluding carboxylic acids is 1. The van der Waals surface area contributed by atoms with E-state index in [0.29, 0.717) is 0 Å². The molecule has 0 unspecified atom stereocenters. The van der Waals surface area contributed by atoms with Gasteiger partial charge < -0.3 is 9.84 Å². The lowest BCUT2D eigenvalue weighted by Gasteiger charge is -2.08. The zero-order chi connectivity index (χ0) is 13.3. The Morgan fingerprint density at radius 2 is 1.35 bits per heavy atom. The number of carbonyl (C=O) groups is 2. The molecule has 0 heterocycles. The SMILES string of the molecule is COC(=O)c1c(F)c(F)c(F)c(F)c1C(=O)O. The molecule has 0 aliphatic rings. The van der Waals surface area contributed by atoms with Crippen LogP contribution in [0.5, 0.6) is 0 Å². The Bertz CT molecular complexity index is 512. The maximum atomic E-state index is 13.2. The van der Waals surface area contributed by atoms with Gasteiger partial charge in [0.25, 0.3) is 0 Å². The highest BCUT2D eigenvalue weighted by molar-refractivity contribution is 6.02. The molecule has 4 nitrogen and oxygen atoms in total. The van der Waals surface area contributed by atoms with Crippen molar-refractivity contribution < 1.29 is 37.0 Å². The van der Waals surface area contributed by atoms with Crippen LogP contribution in [0.2, 0.25) is 0 Å². The largest absolute Gasteiger partial charge is 0.478 e. The predicted molar refractivity (Wildman–Crippen MR) is 44.6 cm³/mol. The Balaban J connectivity index is 3.78. The summed E-state index contributed by atoms with van der Waals surface area (Å²) in [6.45, 7) is 0. The van der Waals surface area contributed by atoms with E-state index in [2.05, 4.69) is 4.74 Å². The van der Waals surface area contributed by atoms with Gasteiger partial charge in [-0.3, -0.25) is 0 Å². The lowest BCUT2D eigenvalue weighted by molar-refractivity contribution is 0.0571. The van der Waals surface area contributed by atoms with Crippen molar-refractivity contribution in [2.45, 2.75) is 0 Å². The zero-order valence-electron chi connectivity index (χ0n) is 8.18. The first-order valence-corrected chi connectivity index (χ1v) is 4.00. The van der Waals surface area contributed by atoms with Crippen LogP contribution in [0.15, 0.2) is 0 Å². The second kappa shape index (κ2) is 4.40. The first-order valence-electron chi connectivity index (χ1n) is 4.00. The van der Waals surface area contributed by atoms with E-state index in [4.69, 9.17) is 5.11 Å². The minimum Gasteiger partial charge on any atom is -0.478 e. The molecule has 0 saturated carbocycles. The van der Waals surface area contributed by atoms with Crippen LogP contribution in [0.4, 0.5) is 17.6 Å². The van der Waals surface area contributed by atoms with E-state index in [0.717, 1.165) is 7.11 Å². The van der Waals surface area contributed by atoms with Gasteiger partial charge >= 0.3 is 11.9 Å². The molecule has 0 saturated heterocycles. The quantitative estimate of drug-likeness (QED) is 0.377. The van der Waals surface area contributed by atoms with Crippen molar-refractivity contribution in [2.24, 2.45) is 0 Å². The van der Waals surface area contributed by atoms with Crippen molar-refractivity contribution in [3.05, 3.63) is 34.4 Å². The number of carboxylic acid groups (broad SMARTS) is 1. The van der Waals surface area contributed by atoms with Crippen LogP contribution < -0.4 is 0 Å². The second-order valence-electron chi connectivity index (χ2n) is 2.80. The van der Waals surface area contributed by atoms with Crippen LogP contribution >= 0.6 is 0 Å². The highest BCUT2D eigenvalue weighted by Gasteiger charge is 2.33.